The van der Waals surface area contributed by atoms with Gasteiger partial charge in [0.05, 0.1) is 12.1 Å². The van der Waals surface area contributed by atoms with E-state index < -0.39 is 5.97 Å². The minimum absolute atomic E-state index is 0.244. The Bertz CT molecular complexity index is 594. The summed E-state index contributed by atoms with van der Waals surface area (Å²) in [6, 6.07) is 7.57. The van der Waals surface area contributed by atoms with Gasteiger partial charge in [0, 0.05) is 16.6 Å². The highest BCUT2D eigenvalue weighted by molar-refractivity contribution is 7.09. The summed E-state index contributed by atoms with van der Waals surface area (Å²) in [7, 11) is 0. The third kappa shape index (κ3) is 3.36. The van der Waals surface area contributed by atoms with Crippen LogP contribution in [0.15, 0.2) is 29.6 Å². The van der Waals surface area contributed by atoms with Crippen molar-refractivity contribution in [2.24, 2.45) is 0 Å². The van der Waals surface area contributed by atoms with E-state index in [9.17, 15) is 4.79 Å². The van der Waals surface area contributed by atoms with Crippen molar-refractivity contribution in [3.8, 4) is 0 Å². The Morgan fingerprint density at radius 3 is 2.75 bits per heavy atom. The highest BCUT2D eigenvalue weighted by atomic mass is 32.1. The molecule has 0 aliphatic rings. The van der Waals surface area contributed by atoms with E-state index in [-0.39, 0.29) is 11.6 Å². The summed E-state index contributed by atoms with van der Waals surface area (Å²) in [6.07, 6.45) is 0. The van der Waals surface area contributed by atoms with E-state index >= 15 is 0 Å². The maximum absolute atomic E-state index is 11.2. The van der Waals surface area contributed by atoms with Gasteiger partial charge in [-0.3, -0.25) is 0 Å². The molecule has 2 aromatic heterocycles. The van der Waals surface area contributed by atoms with E-state index in [1.165, 1.54) is 4.88 Å². The van der Waals surface area contributed by atoms with Crippen LogP contribution in [0.3, 0.4) is 0 Å². The Labute approximate surface area is 122 Å². The summed E-state index contributed by atoms with van der Waals surface area (Å²) in [5.74, 6) is -0.206. The number of rotatable bonds is 5. The maximum Gasteiger partial charge on any atom is 0.335 e. The lowest BCUT2D eigenvalue weighted by Gasteiger charge is -2.28. The number of aromatic carboxylic acids is 1. The molecular weight excluding hydrogens is 272 g/mol. The Kier molecular flexibility index (Phi) is 4.39. The van der Waals surface area contributed by atoms with Gasteiger partial charge in [-0.05, 0) is 44.4 Å². The minimum atomic E-state index is -0.920. The fourth-order valence-electron chi connectivity index (χ4n) is 2.02. The molecule has 1 N–H and O–H groups in total. The number of aromatic nitrogens is 1. The number of nitrogens with zero attached hydrogens (tertiary/aromatic N) is 2. The molecule has 0 saturated heterocycles. The molecule has 0 bridgehead atoms. The van der Waals surface area contributed by atoms with Gasteiger partial charge in [0.1, 0.15) is 5.82 Å². The standard InChI is InChI=1S/C15H18N2O2S/c1-10(2)17(9-13-5-4-6-20-13)14-8-12(15(18)19)7-11(3)16-14/h4-8,10H,9H2,1-3H3,(H,18,19). The molecule has 0 aliphatic heterocycles. The van der Waals surface area contributed by atoms with Crippen molar-refractivity contribution in [2.45, 2.75) is 33.4 Å². The Hall–Kier alpha value is -1.88. The molecule has 20 heavy (non-hydrogen) atoms. The predicted molar refractivity (Wildman–Crippen MR) is 81.6 cm³/mol. The number of carbonyl (C=O) groups is 1. The number of thiophene rings is 1. The van der Waals surface area contributed by atoms with Crippen LogP contribution >= 0.6 is 11.3 Å². The average molecular weight is 290 g/mol. The van der Waals surface area contributed by atoms with Crippen molar-refractivity contribution in [2.75, 3.05) is 4.90 Å². The molecule has 0 atom stereocenters. The van der Waals surface area contributed by atoms with E-state index in [1.807, 2.05) is 18.4 Å². The molecule has 0 aliphatic carbocycles. The number of carboxylic acid groups (broad SMARTS) is 1. The molecule has 0 radical (unpaired) electrons. The zero-order chi connectivity index (χ0) is 14.7. The molecule has 0 amide bonds. The van der Waals surface area contributed by atoms with Gasteiger partial charge < -0.3 is 10.0 Å². The number of anilines is 1. The first-order valence-electron chi connectivity index (χ1n) is 6.48. The van der Waals surface area contributed by atoms with Crippen LogP contribution in [0.1, 0.15) is 34.8 Å². The van der Waals surface area contributed by atoms with Crippen molar-refractivity contribution in [3.05, 3.63) is 45.8 Å². The lowest BCUT2D eigenvalue weighted by molar-refractivity contribution is 0.0696. The largest absolute Gasteiger partial charge is 0.478 e. The first-order valence-corrected chi connectivity index (χ1v) is 7.36. The van der Waals surface area contributed by atoms with Crippen LogP contribution in [-0.4, -0.2) is 22.1 Å². The van der Waals surface area contributed by atoms with Gasteiger partial charge in [0.15, 0.2) is 0 Å². The summed E-state index contributed by atoms with van der Waals surface area (Å²) >= 11 is 1.69. The van der Waals surface area contributed by atoms with Crippen molar-refractivity contribution >= 4 is 23.1 Å². The van der Waals surface area contributed by atoms with Crippen molar-refractivity contribution in [1.82, 2.24) is 4.98 Å². The lowest BCUT2D eigenvalue weighted by Crippen LogP contribution is -2.31. The molecule has 2 rings (SSSR count). The second-order valence-electron chi connectivity index (χ2n) is 4.96. The van der Waals surface area contributed by atoms with Gasteiger partial charge in [-0.2, -0.15) is 0 Å². The molecule has 2 aromatic rings. The highest BCUT2D eigenvalue weighted by Gasteiger charge is 2.16. The zero-order valence-electron chi connectivity index (χ0n) is 11.8. The number of hydrogen-bond donors (Lipinski definition) is 1. The first-order chi connectivity index (χ1) is 9.47. The van der Waals surface area contributed by atoms with Gasteiger partial charge in [-0.25, -0.2) is 9.78 Å². The molecule has 106 valence electrons. The normalized spacial score (nSPS) is 10.8. The van der Waals surface area contributed by atoms with Crippen LogP contribution in [0.4, 0.5) is 5.82 Å². The Morgan fingerprint density at radius 1 is 1.45 bits per heavy atom. The molecule has 0 saturated carbocycles. The van der Waals surface area contributed by atoms with E-state index in [0.717, 1.165) is 12.2 Å². The summed E-state index contributed by atoms with van der Waals surface area (Å²) in [6.45, 7) is 6.72. The molecule has 0 aromatic carbocycles. The average Bonchev–Trinajstić information content (AvgIpc) is 2.87. The zero-order valence-corrected chi connectivity index (χ0v) is 12.6. The topological polar surface area (TPSA) is 53.4 Å². The van der Waals surface area contributed by atoms with Crippen LogP contribution in [0.25, 0.3) is 0 Å². The summed E-state index contributed by atoms with van der Waals surface area (Å²) in [5.41, 5.74) is 1.00. The summed E-state index contributed by atoms with van der Waals surface area (Å²) in [4.78, 5) is 19.0. The SMILES string of the molecule is Cc1cc(C(=O)O)cc(N(Cc2cccs2)C(C)C)n1. The Balaban J connectivity index is 2.36. The van der Waals surface area contributed by atoms with Crippen LogP contribution in [0, 0.1) is 6.92 Å². The Morgan fingerprint density at radius 2 is 2.20 bits per heavy atom. The van der Waals surface area contributed by atoms with Crippen LogP contribution in [-0.2, 0) is 6.54 Å². The van der Waals surface area contributed by atoms with E-state index in [0.29, 0.717) is 5.82 Å². The molecule has 0 spiro atoms. The first kappa shape index (κ1) is 14.5. The van der Waals surface area contributed by atoms with Gasteiger partial charge in [-0.1, -0.05) is 6.07 Å². The van der Waals surface area contributed by atoms with Gasteiger partial charge in [0.2, 0.25) is 0 Å². The van der Waals surface area contributed by atoms with Crippen LogP contribution in [0.5, 0.6) is 0 Å². The highest BCUT2D eigenvalue weighted by Crippen LogP contribution is 2.22. The monoisotopic (exact) mass is 290 g/mol. The second-order valence-corrected chi connectivity index (χ2v) is 5.99. The summed E-state index contributed by atoms with van der Waals surface area (Å²) in [5, 5.41) is 11.2. The fourth-order valence-corrected chi connectivity index (χ4v) is 2.72. The third-order valence-corrected chi connectivity index (χ3v) is 3.87. The van der Waals surface area contributed by atoms with Crippen molar-refractivity contribution < 1.29 is 9.90 Å². The van der Waals surface area contributed by atoms with Gasteiger partial charge in [-0.15, -0.1) is 11.3 Å². The summed E-state index contributed by atoms with van der Waals surface area (Å²) < 4.78 is 0. The third-order valence-electron chi connectivity index (χ3n) is 3.01. The van der Waals surface area contributed by atoms with Crippen molar-refractivity contribution in [3.63, 3.8) is 0 Å². The molecular formula is C15H18N2O2S. The number of carboxylic acids is 1. The predicted octanol–water partition coefficient (Wildman–Crippen LogP) is 3.56. The van der Waals surface area contributed by atoms with Gasteiger partial charge in [0.25, 0.3) is 0 Å². The number of pyridine rings is 1. The molecule has 5 heteroatoms. The molecule has 2 heterocycles. The second kappa shape index (κ2) is 6.05. The van der Waals surface area contributed by atoms with Crippen LogP contribution in [0.2, 0.25) is 0 Å². The van der Waals surface area contributed by atoms with E-state index in [1.54, 1.807) is 23.5 Å². The van der Waals surface area contributed by atoms with E-state index in [4.69, 9.17) is 5.11 Å². The van der Waals surface area contributed by atoms with Crippen molar-refractivity contribution in [1.29, 1.82) is 0 Å². The number of hydrogen-bond acceptors (Lipinski definition) is 4. The lowest BCUT2D eigenvalue weighted by atomic mass is 10.2. The molecule has 0 unspecified atom stereocenters. The fraction of sp³-hybridized carbons (Fsp3) is 0.333. The minimum Gasteiger partial charge on any atom is -0.478 e. The van der Waals surface area contributed by atoms with Gasteiger partial charge >= 0.3 is 5.97 Å². The van der Waals surface area contributed by atoms with E-state index in [2.05, 4.69) is 29.8 Å². The smallest absolute Gasteiger partial charge is 0.335 e. The molecule has 0 fully saturated rings. The quantitative estimate of drug-likeness (QED) is 0.914. The number of aryl methyl sites for hydroxylation is 1. The molecule has 4 nitrogen and oxygen atoms in total. The maximum atomic E-state index is 11.2. The van der Waals surface area contributed by atoms with Crippen LogP contribution < -0.4 is 4.90 Å².